The van der Waals surface area contributed by atoms with Crippen LogP contribution in [-0.2, 0) is 5.79 Å². The maximum atomic E-state index is 6.21. The van der Waals surface area contributed by atoms with Crippen LogP contribution in [0.3, 0.4) is 0 Å². The molecule has 142 valence electrons. The average Bonchev–Trinajstić information content (AvgIpc) is 2.88. The van der Waals surface area contributed by atoms with E-state index in [0.29, 0.717) is 0 Å². The zero-order valence-corrected chi connectivity index (χ0v) is 15.3. The first-order valence-corrected chi connectivity index (χ1v) is 9.77. The summed E-state index contributed by atoms with van der Waals surface area (Å²) >= 11 is 0. The molecule has 3 aliphatic heterocycles. The predicted octanol–water partition coefficient (Wildman–Crippen LogP) is 0.418. The monoisotopic (exact) mass is 358 g/mol. The average molecular weight is 358 g/mol. The first-order chi connectivity index (χ1) is 12.6. The highest BCUT2D eigenvalue weighted by Crippen LogP contribution is 2.25. The van der Waals surface area contributed by atoms with Crippen molar-refractivity contribution in [2.45, 2.75) is 50.4 Å². The van der Waals surface area contributed by atoms with Gasteiger partial charge in [0.05, 0.1) is 0 Å². The van der Waals surface area contributed by atoms with Gasteiger partial charge in [-0.15, -0.1) is 0 Å². The Bertz CT molecular complexity index is 629. The second-order valence-electron chi connectivity index (χ2n) is 7.59. The van der Waals surface area contributed by atoms with Gasteiger partial charge in [-0.2, -0.15) is 5.43 Å². The van der Waals surface area contributed by atoms with E-state index in [1.54, 1.807) is 6.20 Å². The minimum absolute atomic E-state index is 0.284. The summed E-state index contributed by atoms with van der Waals surface area (Å²) in [5.41, 5.74) is 18.3. The maximum absolute atomic E-state index is 6.21. The van der Waals surface area contributed by atoms with Crippen molar-refractivity contribution in [3.8, 4) is 0 Å². The minimum atomic E-state index is -1.05. The van der Waals surface area contributed by atoms with Crippen LogP contribution in [0.2, 0.25) is 0 Å². The van der Waals surface area contributed by atoms with E-state index in [4.69, 9.17) is 11.5 Å². The van der Waals surface area contributed by atoms with Gasteiger partial charge in [-0.05, 0) is 50.9 Å². The van der Waals surface area contributed by atoms with Gasteiger partial charge in [0.15, 0.2) is 0 Å². The number of rotatable bonds is 3. The molecule has 1 aromatic rings. The van der Waals surface area contributed by atoms with Crippen molar-refractivity contribution in [3.05, 3.63) is 23.9 Å². The third kappa shape index (κ3) is 3.62. The molecule has 0 spiro atoms. The normalized spacial score (nSPS) is 28.5. The molecule has 0 amide bonds. The van der Waals surface area contributed by atoms with Crippen LogP contribution < -0.4 is 27.2 Å². The SMILES string of the molecule is NC1=NC(N)(c2ccc(N3CCC(N4CCCCCC4)CC3)nc2)NN1. The van der Waals surface area contributed by atoms with Crippen molar-refractivity contribution in [1.82, 2.24) is 20.7 Å². The number of guanidine groups is 1. The van der Waals surface area contributed by atoms with Gasteiger partial charge in [0.2, 0.25) is 11.7 Å². The van der Waals surface area contributed by atoms with Crippen molar-refractivity contribution in [3.63, 3.8) is 0 Å². The molecule has 3 aliphatic rings. The van der Waals surface area contributed by atoms with E-state index in [9.17, 15) is 0 Å². The molecular formula is C18H30N8. The quantitative estimate of drug-likeness (QED) is 0.620. The van der Waals surface area contributed by atoms with Gasteiger partial charge in [-0.3, -0.25) is 11.2 Å². The summed E-state index contributed by atoms with van der Waals surface area (Å²) in [6, 6.07) is 4.74. The Morgan fingerprint density at radius 2 is 1.77 bits per heavy atom. The fourth-order valence-corrected chi connectivity index (χ4v) is 4.26. The predicted molar refractivity (Wildman–Crippen MR) is 103 cm³/mol. The zero-order valence-electron chi connectivity index (χ0n) is 15.3. The number of nitrogens with zero attached hydrogens (tertiary/aromatic N) is 4. The number of likely N-dealkylation sites (tertiary alicyclic amines) is 1. The zero-order chi connectivity index (χ0) is 18.0. The van der Waals surface area contributed by atoms with Gasteiger partial charge in [0, 0.05) is 30.9 Å². The summed E-state index contributed by atoms with van der Waals surface area (Å²) in [6.07, 6.45) is 9.74. The lowest BCUT2D eigenvalue weighted by Gasteiger charge is -2.38. The molecule has 6 N–H and O–H groups in total. The summed E-state index contributed by atoms with van der Waals surface area (Å²) < 4.78 is 0. The molecule has 1 atom stereocenters. The first-order valence-electron chi connectivity index (χ1n) is 9.77. The summed E-state index contributed by atoms with van der Waals surface area (Å²) in [4.78, 5) is 13.9. The van der Waals surface area contributed by atoms with Crippen LogP contribution in [0, 0.1) is 0 Å². The summed E-state index contributed by atoms with van der Waals surface area (Å²) in [7, 11) is 0. The Labute approximate surface area is 155 Å². The van der Waals surface area contributed by atoms with E-state index in [2.05, 4.69) is 30.6 Å². The van der Waals surface area contributed by atoms with Crippen LogP contribution in [-0.4, -0.2) is 48.1 Å². The second-order valence-corrected chi connectivity index (χ2v) is 7.59. The van der Waals surface area contributed by atoms with Gasteiger partial charge < -0.3 is 15.5 Å². The number of aromatic nitrogens is 1. The van der Waals surface area contributed by atoms with Crippen LogP contribution in [0.25, 0.3) is 0 Å². The molecule has 1 aromatic heterocycles. The Kier molecular flexibility index (Phi) is 4.97. The van der Waals surface area contributed by atoms with Gasteiger partial charge >= 0.3 is 0 Å². The van der Waals surface area contributed by atoms with Crippen molar-refractivity contribution in [2.24, 2.45) is 16.5 Å². The molecule has 2 fully saturated rings. The van der Waals surface area contributed by atoms with E-state index in [-0.39, 0.29) is 5.96 Å². The second kappa shape index (κ2) is 7.38. The fourth-order valence-electron chi connectivity index (χ4n) is 4.26. The van der Waals surface area contributed by atoms with Crippen LogP contribution in [0.15, 0.2) is 23.3 Å². The van der Waals surface area contributed by atoms with E-state index < -0.39 is 5.79 Å². The molecule has 0 aliphatic carbocycles. The Balaban J connectivity index is 1.36. The molecule has 4 rings (SSSR count). The number of pyridine rings is 1. The van der Waals surface area contributed by atoms with Gasteiger partial charge in [0.1, 0.15) is 5.82 Å². The number of piperidine rings is 1. The summed E-state index contributed by atoms with van der Waals surface area (Å²) in [5.74, 6) is 0.247. The van der Waals surface area contributed by atoms with E-state index in [1.165, 1.54) is 51.6 Å². The molecule has 0 radical (unpaired) electrons. The van der Waals surface area contributed by atoms with Gasteiger partial charge in [-0.25, -0.2) is 9.98 Å². The molecule has 0 aromatic carbocycles. The van der Waals surface area contributed by atoms with Crippen molar-refractivity contribution in [1.29, 1.82) is 0 Å². The summed E-state index contributed by atoms with van der Waals surface area (Å²) in [6.45, 7) is 4.68. The van der Waals surface area contributed by atoms with Gasteiger partial charge in [0.25, 0.3) is 0 Å². The lowest BCUT2D eigenvalue weighted by atomic mass is 10.0. The highest BCUT2D eigenvalue weighted by atomic mass is 15.6. The third-order valence-corrected chi connectivity index (χ3v) is 5.81. The summed E-state index contributed by atoms with van der Waals surface area (Å²) in [5, 5.41) is 0. The van der Waals surface area contributed by atoms with Crippen LogP contribution >= 0.6 is 0 Å². The lowest BCUT2D eigenvalue weighted by Crippen LogP contribution is -2.50. The number of nitrogens with one attached hydrogen (secondary N) is 2. The van der Waals surface area contributed by atoms with E-state index in [0.717, 1.165) is 30.5 Å². The minimum Gasteiger partial charge on any atom is -0.369 e. The maximum Gasteiger partial charge on any atom is 0.210 e. The topological polar surface area (TPSA) is 108 Å². The molecule has 0 bridgehead atoms. The number of hydrazine groups is 1. The Hall–Kier alpha value is -1.90. The fraction of sp³-hybridized carbons (Fsp3) is 0.667. The number of nitrogens with two attached hydrogens (primary N) is 2. The standard InChI is InChI=1S/C18H30N8/c19-17-22-18(20,24-23-17)14-5-6-16(21-13-14)26-11-7-15(8-12-26)25-9-3-1-2-4-10-25/h5-6,13,15,24H,1-4,7-12,20H2,(H3,19,22,23). The molecule has 8 nitrogen and oxygen atoms in total. The number of aliphatic imine (C=N–C) groups is 1. The van der Waals surface area contributed by atoms with Crippen LogP contribution in [0.5, 0.6) is 0 Å². The molecule has 26 heavy (non-hydrogen) atoms. The molecule has 8 heteroatoms. The van der Waals surface area contributed by atoms with Crippen molar-refractivity contribution in [2.75, 3.05) is 31.1 Å². The number of hydrogen-bond donors (Lipinski definition) is 4. The largest absolute Gasteiger partial charge is 0.369 e. The molecule has 4 heterocycles. The highest BCUT2D eigenvalue weighted by Gasteiger charge is 2.32. The number of hydrogen-bond acceptors (Lipinski definition) is 8. The molecular weight excluding hydrogens is 328 g/mol. The van der Waals surface area contributed by atoms with Gasteiger partial charge in [-0.1, -0.05) is 12.8 Å². The van der Waals surface area contributed by atoms with Crippen molar-refractivity contribution < 1.29 is 0 Å². The van der Waals surface area contributed by atoms with Crippen molar-refractivity contribution >= 4 is 11.8 Å². The third-order valence-electron chi connectivity index (χ3n) is 5.81. The molecule has 2 saturated heterocycles. The molecule has 0 saturated carbocycles. The Morgan fingerprint density at radius 3 is 2.35 bits per heavy atom. The first kappa shape index (κ1) is 17.5. The van der Waals surface area contributed by atoms with Crippen LogP contribution in [0.1, 0.15) is 44.1 Å². The smallest absolute Gasteiger partial charge is 0.210 e. The highest BCUT2D eigenvalue weighted by molar-refractivity contribution is 5.79. The molecule has 1 unspecified atom stereocenters. The van der Waals surface area contributed by atoms with E-state index >= 15 is 0 Å². The number of anilines is 1. The van der Waals surface area contributed by atoms with Crippen LogP contribution in [0.4, 0.5) is 5.82 Å². The lowest BCUT2D eigenvalue weighted by molar-refractivity contribution is 0.175. The van der Waals surface area contributed by atoms with E-state index in [1.807, 2.05) is 12.1 Å². The Morgan fingerprint density at radius 1 is 1.04 bits per heavy atom.